The van der Waals surface area contributed by atoms with Crippen LogP contribution >= 0.6 is 11.3 Å². The zero-order valence-corrected chi connectivity index (χ0v) is 29.2. The van der Waals surface area contributed by atoms with Gasteiger partial charge in [-0.1, -0.05) is 152 Å². The SMILES string of the molecule is c1cc(-c2ccc3ccccc3c2)cc(N(c2ccc(-c3cccc4c3sc3ccccc34)cc2)c2ccccc2-c2ccc3ccccc3c2)c1. The Morgan fingerprint density at radius 1 is 0.327 bits per heavy atom. The average molecular weight is 680 g/mol. The maximum Gasteiger partial charge on any atom is 0.0540 e. The summed E-state index contributed by atoms with van der Waals surface area (Å²) in [4.78, 5) is 2.42. The zero-order valence-electron chi connectivity index (χ0n) is 28.4. The van der Waals surface area contributed by atoms with Gasteiger partial charge in [-0.2, -0.15) is 0 Å². The summed E-state index contributed by atoms with van der Waals surface area (Å²) in [6.07, 6.45) is 0. The lowest BCUT2D eigenvalue weighted by atomic mass is 9.97. The molecule has 9 aromatic carbocycles. The molecule has 0 fully saturated rings. The second kappa shape index (κ2) is 12.7. The average Bonchev–Trinajstić information content (AvgIpc) is 3.60. The van der Waals surface area contributed by atoms with Crippen LogP contribution in [-0.4, -0.2) is 0 Å². The predicted octanol–water partition coefficient (Wildman–Crippen LogP) is 14.8. The Hall–Kier alpha value is -6.48. The molecule has 244 valence electrons. The van der Waals surface area contributed by atoms with Crippen molar-refractivity contribution < 1.29 is 0 Å². The molecule has 1 aromatic heterocycles. The summed E-state index contributed by atoms with van der Waals surface area (Å²) in [7, 11) is 0. The van der Waals surface area contributed by atoms with Crippen molar-refractivity contribution in [2.24, 2.45) is 0 Å². The fourth-order valence-electron chi connectivity index (χ4n) is 7.65. The van der Waals surface area contributed by atoms with Crippen molar-refractivity contribution in [2.75, 3.05) is 4.90 Å². The number of anilines is 3. The van der Waals surface area contributed by atoms with Gasteiger partial charge in [0.15, 0.2) is 0 Å². The summed E-state index contributed by atoms with van der Waals surface area (Å²) < 4.78 is 2.65. The second-order valence-corrected chi connectivity index (χ2v) is 14.4. The Kier molecular flexibility index (Phi) is 7.41. The van der Waals surface area contributed by atoms with Gasteiger partial charge >= 0.3 is 0 Å². The third kappa shape index (κ3) is 5.33. The zero-order chi connectivity index (χ0) is 34.4. The lowest BCUT2D eigenvalue weighted by molar-refractivity contribution is 1.28. The Morgan fingerprint density at radius 3 is 1.71 bits per heavy atom. The highest BCUT2D eigenvalue weighted by atomic mass is 32.1. The van der Waals surface area contributed by atoms with Gasteiger partial charge in [0.25, 0.3) is 0 Å². The Bertz CT molecular complexity index is 2920. The summed E-state index contributed by atoms with van der Waals surface area (Å²) in [5.74, 6) is 0. The molecule has 0 bridgehead atoms. The van der Waals surface area contributed by atoms with Crippen LogP contribution in [0.15, 0.2) is 200 Å². The number of benzene rings is 9. The molecule has 0 aliphatic rings. The first-order valence-electron chi connectivity index (χ1n) is 17.8. The van der Waals surface area contributed by atoms with E-state index in [1.807, 2.05) is 11.3 Å². The molecule has 2 heteroatoms. The molecule has 0 N–H and O–H groups in total. The molecule has 10 aromatic rings. The molecule has 0 radical (unpaired) electrons. The van der Waals surface area contributed by atoms with Crippen LogP contribution in [-0.2, 0) is 0 Å². The molecule has 0 aliphatic heterocycles. The molecule has 0 spiro atoms. The fourth-order valence-corrected chi connectivity index (χ4v) is 8.89. The topological polar surface area (TPSA) is 3.24 Å². The van der Waals surface area contributed by atoms with Gasteiger partial charge in [-0.25, -0.2) is 0 Å². The summed E-state index contributed by atoms with van der Waals surface area (Å²) in [5.41, 5.74) is 10.6. The van der Waals surface area contributed by atoms with Crippen LogP contribution in [0, 0.1) is 0 Å². The maximum atomic E-state index is 2.42. The highest BCUT2D eigenvalue weighted by Gasteiger charge is 2.19. The van der Waals surface area contributed by atoms with Crippen LogP contribution in [0.2, 0.25) is 0 Å². The first kappa shape index (κ1) is 30.4. The molecular weight excluding hydrogens is 647 g/mol. The minimum Gasteiger partial charge on any atom is -0.310 e. The maximum absolute atomic E-state index is 2.42. The van der Waals surface area contributed by atoms with Crippen LogP contribution < -0.4 is 4.90 Å². The largest absolute Gasteiger partial charge is 0.310 e. The van der Waals surface area contributed by atoms with E-state index in [2.05, 4.69) is 205 Å². The number of rotatable bonds is 6. The molecule has 10 rings (SSSR count). The Balaban J connectivity index is 1.13. The van der Waals surface area contributed by atoms with E-state index in [0.29, 0.717) is 0 Å². The minimum absolute atomic E-state index is 1.11. The van der Waals surface area contributed by atoms with Gasteiger partial charge in [0, 0.05) is 37.1 Å². The van der Waals surface area contributed by atoms with Crippen molar-refractivity contribution in [3.05, 3.63) is 200 Å². The van der Waals surface area contributed by atoms with Gasteiger partial charge in [-0.3, -0.25) is 0 Å². The quantitative estimate of drug-likeness (QED) is 0.169. The van der Waals surface area contributed by atoms with E-state index in [4.69, 9.17) is 0 Å². The van der Waals surface area contributed by atoms with E-state index in [9.17, 15) is 0 Å². The van der Waals surface area contributed by atoms with Crippen molar-refractivity contribution in [3.8, 4) is 33.4 Å². The lowest BCUT2D eigenvalue weighted by Crippen LogP contribution is -2.11. The third-order valence-electron chi connectivity index (χ3n) is 10.2. The minimum atomic E-state index is 1.11. The summed E-state index contributed by atoms with van der Waals surface area (Å²) >= 11 is 1.88. The molecule has 0 atom stereocenters. The number of nitrogens with zero attached hydrogens (tertiary/aromatic N) is 1. The predicted molar refractivity (Wildman–Crippen MR) is 225 cm³/mol. The molecule has 0 aliphatic carbocycles. The normalized spacial score (nSPS) is 11.5. The molecular formula is C50H33NS. The lowest BCUT2D eigenvalue weighted by Gasteiger charge is -2.28. The first-order chi connectivity index (χ1) is 25.8. The van der Waals surface area contributed by atoms with Gasteiger partial charge in [0.05, 0.1) is 5.69 Å². The van der Waals surface area contributed by atoms with Crippen LogP contribution in [0.4, 0.5) is 17.1 Å². The molecule has 1 nitrogen and oxygen atoms in total. The third-order valence-corrected chi connectivity index (χ3v) is 11.5. The summed E-state index contributed by atoms with van der Waals surface area (Å²) in [6.45, 7) is 0. The highest BCUT2D eigenvalue weighted by molar-refractivity contribution is 7.26. The second-order valence-electron chi connectivity index (χ2n) is 13.4. The van der Waals surface area contributed by atoms with E-state index in [0.717, 1.165) is 17.1 Å². The molecule has 0 amide bonds. The molecule has 0 saturated heterocycles. The van der Waals surface area contributed by atoms with Crippen LogP contribution in [0.1, 0.15) is 0 Å². The standard InChI is InChI=1S/C50H33NS/c1-3-13-37-31-40(25-23-34(37)11-1)39-15-9-16-43(33-39)51(48-21-7-5-17-44(48)41-26-24-35-12-2-4-14-38(35)32-41)42-29-27-36(28-30-42)45-19-10-20-47-46-18-6-8-22-49(46)52-50(45)47/h1-33H. The van der Waals surface area contributed by atoms with Gasteiger partial charge in [0.1, 0.15) is 0 Å². The van der Waals surface area contributed by atoms with Gasteiger partial charge < -0.3 is 4.90 Å². The molecule has 0 unspecified atom stereocenters. The van der Waals surface area contributed by atoms with Crippen molar-refractivity contribution in [1.29, 1.82) is 0 Å². The van der Waals surface area contributed by atoms with Gasteiger partial charge in [0.2, 0.25) is 0 Å². The van der Waals surface area contributed by atoms with Crippen molar-refractivity contribution in [1.82, 2.24) is 0 Å². The number of para-hydroxylation sites is 1. The van der Waals surface area contributed by atoms with Crippen LogP contribution in [0.25, 0.3) is 75.1 Å². The number of fused-ring (bicyclic) bond motifs is 5. The number of thiophene rings is 1. The van der Waals surface area contributed by atoms with E-state index in [-0.39, 0.29) is 0 Å². The van der Waals surface area contributed by atoms with E-state index in [1.54, 1.807) is 0 Å². The molecule has 0 saturated carbocycles. The fraction of sp³-hybridized carbons (Fsp3) is 0. The van der Waals surface area contributed by atoms with E-state index in [1.165, 1.54) is 75.1 Å². The number of hydrogen-bond donors (Lipinski definition) is 0. The molecule has 52 heavy (non-hydrogen) atoms. The van der Waals surface area contributed by atoms with E-state index < -0.39 is 0 Å². The van der Waals surface area contributed by atoms with Gasteiger partial charge in [-0.05, 0) is 97.9 Å². The van der Waals surface area contributed by atoms with E-state index >= 15 is 0 Å². The molecule has 1 heterocycles. The smallest absolute Gasteiger partial charge is 0.0540 e. The van der Waals surface area contributed by atoms with Crippen molar-refractivity contribution >= 4 is 70.1 Å². The Labute approximate surface area is 307 Å². The van der Waals surface area contributed by atoms with Gasteiger partial charge in [-0.15, -0.1) is 11.3 Å². The highest BCUT2D eigenvalue weighted by Crippen LogP contribution is 2.44. The van der Waals surface area contributed by atoms with Crippen molar-refractivity contribution in [3.63, 3.8) is 0 Å². The Morgan fingerprint density at radius 2 is 0.904 bits per heavy atom. The summed E-state index contributed by atoms with van der Waals surface area (Å²) in [6, 6.07) is 73.0. The van der Waals surface area contributed by atoms with Crippen molar-refractivity contribution in [2.45, 2.75) is 0 Å². The first-order valence-corrected chi connectivity index (χ1v) is 18.6. The van der Waals surface area contributed by atoms with Crippen LogP contribution in [0.5, 0.6) is 0 Å². The number of hydrogen-bond acceptors (Lipinski definition) is 2. The van der Waals surface area contributed by atoms with Crippen LogP contribution in [0.3, 0.4) is 0 Å². The summed E-state index contributed by atoms with van der Waals surface area (Å²) in [5, 5.41) is 7.61. The monoisotopic (exact) mass is 679 g/mol.